The molecule has 1 saturated heterocycles. The summed E-state index contributed by atoms with van der Waals surface area (Å²) in [5.74, 6) is -2.55. The van der Waals surface area contributed by atoms with Crippen molar-refractivity contribution in [3.05, 3.63) is 92.2 Å². The van der Waals surface area contributed by atoms with Gasteiger partial charge in [-0.3, -0.25) is 14.5 Å². The third-order valence-electron chi connectivity index (χ3n) is 5.54. The van der Waals surface area contributed by atoms with E-state index in [1.54, 1.807) is 0 Å². The molecule has 1 unspecified atom stereocenters. The number of Topliss-reactive ketones (excluding diaryl/α,β-unsaturated/α-hetero) is 1. The molecule has 0 saturated carbocycles. The van der Waals surface area contributed by atoms with Crippen molar-refractivity contribution < 1.29 is 28.6 Å². The molecule has 0 aliphatic carbocycles. The van der Waals surface area contributed by atoms with E-state index in [9.17, 15) is 19.1 Å². The number of aliphatic hydroxyl groups excluding tert-OH is 1. The Hall–Kier alpha value is -3.26. The van der Waals surface area contributed by atoms with E-state index < -0.39 is 29.3 Å². The summed E-state index contributed by atoms with van der Waals surface area (Å²) in [5, 5.41) is 12.0. The number of ketones is 1. The fourth-order valence-electron chi connectivity index (χ4n) is 3.88. The molecule has 0 radical (unpaired) electrons. The molecule has 180 valence electrons. The Balaban J connectivity index is 2.00. The normalized spacial score (nSPS) is 17.1. The number of halogens is 4. The fourth-order valence-corrected chi connectivity index (χ4v) is 4.41. The summed E-state index contributed by atoms with van der Waals surface area (Å²) < 4.78 is 24.3. The Kier molecular flexibility index (Phi) is 6.94. The van der Waals surface area contributed by atoms with Gasteiger partial charge >= 0.3 is 0 Å². The van der Waals surface area contributed by atoms with Crippen LogP contribution in [0.3, 0.4) is 0 Å². The van der Waals surface area contributed by atoms with Crippen molar-refractivity contribution in [3.8, 4) is 11.5 Å². The van der Waals surface area contributed by atoms with Crippen LogP contribution in [0.2, 0.25) is 15.1 Å². The summed E-state index contributed by atoms with van der Waals surface area (Å²) in [4.78, 5) is 27.7. The van der Waals surface area contributed by atoms with E-state index >= 15 is 0 Å². The van der Waals surface area contributed by atoms with Crippen LogP contribution in [0, 0.1) is 5.82 Å². The van der Waals surface area contributed by atoms with Gasteiger partial charge < -0.3 is 14.6 Å². The number of methoxy groups -OCH3 is 2. The summed E-state index contributed by atoms with van der Waals surface area (Å²) >= 11 is 18.4. The van der Waals surface area contributed by atoms with Gasteiger partial charge in [0, 0.05) is 11.8 Å². The first-order valence-corrected chi connectivity index (χ1v) is 11.2. The molecule has 1 amide bonds. The van der Waals surface area contributed by atoms with E-state index in [1.807, 2.05) is 0 Å². The number of carbonyl (C=O) groups excluding carboxylic acids is 2. The van der Waals surface area contributed by atoms with E-state index in [1.165, 1.54) is 73.7 Å². The summed E-state index contributed by atoms with van der Waals surface area (Å²) in [6, 6.07) is 11.3. The van der Waals surface area contributed by atoms with Gasteiger partial charge in [0.25, 0.3) is 11.7 Å². The predicted molar refractivity (Wildman–Crippen MR) is 132 cm³/mol. The van der Waals surface area contributed by atoms with Crippen LogP contribution in [0.15, 0.2) is 60.2 Å². The SMILES string of the molecule is COc1cc(/C(O)=C2\C(=O)C(=O)N(c3ccc(Cl)c(Cl)c3)C2c2ccc(F)cc2)c(OC)cc1Cl. The molecule has 1 fully saturated rings. The highest BCUT2D eigenvalue weighted by Crippen LogP contribution is 2.45. The van der Waals surface area contributed by atoms with Crippen molar-refractivity contribution in [1.82, 2.24) is 0 Å². The molecule has 10 heteroatoms. The van der Waals surface area contributed by atoms with Crippen LogP contribution in [0.5, 0.6) is 11.5 Å². The Bertz CT molecular complexity index is 1370. The summed E-state index contributed by atoms with van der Waals surface area (Å²) in [6.45, 7) is 0. The third kappa shape index (κ3) is 4.43. The van der Waals surface area contributed by atoms with Crippen LogP contribution < -0.4 is 14.4 Å². The van der Waals surface area contributed by atoms with E-state index in [0.29, 0.717) is 5.56 Å². The molecule has 4 rings (SSSR count). The lowest BCUT2D eigenvalue weighted by molar-refractivity contribution is -0.132. The number of anilines is 1. The maximum absolute atomic E-state index is 13.7. The zero-order chi connectivity index (χ0) is 25.4. The molecule has 3 aromatic carbocycles. The predicted octanol–water partition coefficient (Wildman–Crippen LogP) is 6.43. The molecule has 0 bridgehead atoms. The van der Waals surface area contributed by atoms with Crippen LogP contribution in [-0.2, 0) is 9.59 Å². The number of amides is 1. The Morgan fingerprint density at radius 1 is 0.886 bits per heavy atom. The second-order valence-electron chi connectivity index (χ2n) is 7.51. The molecule has 1 N–H and O–H groups in total. The second-order valence-corrected chi connectivity index (χ2v) is 8.73. The molecule has 0 spiro atoms. The average molecular weight is 537 g/mol. The van der Waals surface area contributed by atoms with Gasteiger partial charge in [-0.15, -0.1) is 0 Å². The topological polar surface area (TPSA) is 76.1 Å². The van der Waals surface area contributed by atoms with Crippen molar-refractivity contribution in [1.29, 1.82) is 0 Å². The first kappa shape index (κ1) is 24.9. The number of rotatable bonds is 5. The van der Waals surface area contributed by atoms with Gasteiger partial charge in [0.05, 0.1) is 46.5 Å². The van der Waals surface area contributed by atoms with Gasteiger partial charge in [-0.05, 0) is 42.0 Å². The van der Waals surface area contributed by atoms with Crippen LogP contribution >= 0.6 is 34.8 Å². The summed E-state index contributed by atoms with van der Waals surface area (Å²) in [7, 11) is 2.75. The van der Waals surface area contributed by atoms with Gasteiger partial charge in [-0.2, -0.15) is 0 Å². The number of nitrogens with zero attached hydrogens (tertiary/aromatic N) is 1. The first-order valence-electron chi connectivity index (χ1n) is 10.1. The molecule has 1 atom stereocenters. The lowest BCUT2D eigenvalue weighted by atomic mass is 9.94. The van der Waals surface area contributed by atoms with Crippen molar-refractivity contribution >= 4 is 57.9 Å². The van der Waals surface area contributed by atoms with Crippen molar-refractivity contribution in [2.45, 2.75) is 6.04 Å². The van der Waals surface area contributed by atoms with Crippen molar-refractivity contribution in [2.24, 2.45) is 0 Å². The third-order valence-corrected chi connectivity index (χ3v) is 6.57. The van der Waals surface area contributed by atoms with Gasteiger partial charge in [0.1, 0.15) is 23.1 Å². The molecular weight excluding hydrogens is 520 g/mol. The first-order chi connectivity index (χ1) is 16.7. The lowest BCUT2D eigenvalue weighted by Crippen LogP contribution is -2.29. The smallest absolute Gasteiger partial charge is 0.300 e. The molecule has 3 aromatic rings. The fraction of sp³-hybridized carbons (Fsp3) is 0.120. The minimum Gasteiger partial charge on any atom is -0.507 e. The zero-order valence-electron chi connectivity index (χ0n) is 18.3. The minimum absolute atomic E-state index is 0.0769. The Labute approximate surface area is 215 Å². The molecule has 35 heavy (non-hydrogen) atoms. The maximum atomic E-state index is 13.7. The summed E-state index contributed by atoms with van der Waals surface area (Å²) in [5.41, 5.74) is 0.469. The largest absolute Gasteiger partial charge is 0.507 e. The molecule has 1 aliphatic rings. The molecule has 6 nitrogen and oxygen atoms in total. The quantitative estimate of drug-likeness (QED) is 0.231. The lowest BCUT2D eigenvalue weighted by Gasteiger charge is -2.26. The maximum Gasteiger partial charge on any atom is 0.300 e. The number of aliphatic hydroxyl groups is 1. The highest BCUT2D eigenvalue weighted by molar-refractivity contribution is 6.52. The van der Waals surface area contributed by atoms with E-state index in [2.05, 4.69) is 0 Å². The average Bonchev–Trinajstić information content (AvgIpc) is 3.11. The number of ether oxygens (including phenoxy) is 2. The number of hydrogen-bond donors (Lipinski definition) is 1. The molecule has 1 aliphatic heterocycles. The van der Waals surface area contributed by atoms with Crippen LogP contribution in [0.4, 0.5) is 10.1 Å². The van der Waals surface area contributed by atoms with Crippen LogP contribution in [0.25, 0.3) is 5.76 Å². The van der Waals surface area contributed by atoms with Gasteiger partial charge in [0.2, 0.25) is 0 Å². The second kappa shape index (κ2) is 9.77. The Morgan fingerprint density at radius 3 is 2.14 bits per heavy atom. The van der Waals surface area contributed by atoms with E-state index in [-0.39, 0.29) is 43.4 Å². The monoisotopic (exact) mass is 535 g/mol. The number of hydrogen-bond acceptors (Lipinski definition) is 5. The highest BCUT2D eigenvalue weighted by Gasteiger charge is 2.47. The number of carbonyl (C=O) groups is 2. The minimum atomic E-state index is -1.11. The molecule has 0 aromatic heterocycles. The van der Waals surface area contributed by atoms with E-state index in [4.69, 9.17) is 44.3 Å². The Morgan fingerprint density at radius 2 is 1.54 bits per heavy atom. The van der Waals surface area contributed by atoms with E-state index in [0.717, 1.165) is 0 Å². The van der Waals surface area contributed by atoms with Gasteiger partial charge in [-0.25, -0.2) is 4.39 Å². The van der Waals surface area contributed by atoms with Gasteiger partial charge in [-0.1, -0.05) is 46.9 Å². The highest BCUT2D eigenvalue weighted by atomic mass is 35.5. The van der Waals surface area contributed by atoms with Crippen LogP contribution in [0.1, 0.15) is 17.2 Å². The molecular formula is C25H17Cl3FNO5. The molecule has 1 heterocycles. The number of benzene rings is 3. The van der Waals surface area contributed by atoms with Crippen molar-refractivity contribution in [2.75, 3.05) is 19.1 Å². The van der Waals surface area contributed by atoms with Crippen LogP contribution in [-0.4, -0.2) is 31.0 Å². The zero-order valence-corrected chi connectivity index (χ0v) is 20.6. The van der Waals surface area contributed by atoms with Crippen molar-refractivity contribution in [3.63, 3.8) is 0 Å². The summed E-state index contributed by atoms with van der Waals surface area (Å²) in [6.07, 6.45) is 0. The van der Waals surface area contributed by atoms with Gasteiger partial charge in [0.15, 0.2) is 0 Å². The standard InChI is InChI=1S/C25H17Cl3FNO5/c1-34-19-11-18(28)20(35-2)10-15(19)23(31)21-22(12-3-5-13(29)6-4-12)30(25(33)24(21)32)14-7-8-16(26)17(27)9-14/h3-11,22,31H,1-2H3/b23-21+.